The maximum Gasteiger partial charge on any atom is 0.231 e. The highest BCUT2D eigenvalue weighted by molar-refractivity contribution is 5.86. The summed E-state index contributed by atoms with van der Waals surface area (Å²) < 4.78 is 19.5. The van der Waals surface area contributed by atoms with Crippen molar-refractivity contribution in [3.8, 4) is 23.2 Å². The predicted molar refractivity (Wildman–Crippen MR) is 111 cm³/mol. The molecule has 1 aliphatic carbocycles. The summed E-state index contributed by atoms with van der Waals surface area (Å²) in [7, 11) is 0. The lowest BCUT2D eigenvalue weighted by Gasteiger charge is -2.11. The number of furan rings is 1. The molecule has 5 heterocycles. The van der Waals surface area contributed by atoms with Crippen molar-refractivity contribution in [3.05, 3.63) is 36.7 Å². The summed E-state index contributed by atoms with van der Waals surface area (Å²) >= 11 is 0. The Hall–Kier alpha value is -3.62. The third-order valence-electron chi connectivity index (χ3n) is 5.67. The lowest BCUT2D eigenvalue weighted by molar-refractivity contribution is -0.119. The minimum Gasteiger partial charge on any atom is -0.477 e. The third-order valence-corrected chi connectivity index (χ3v) is 5.67. The van der Waals surface area contributed by atoms with Gasteiger partial charge >= 0.3 is 0 Å². The smallest absolute Gasteiger partial charge is 0.231 e. The summed E-state index contributed by atoms with van der Waals surface area (Å²) in [5, 5.41) is 8.29. The normalized spacial score (nSPS) is 18.6. The maximum atomic E-state index is 11.4. The summed E-state index contributed by atoms with van der Waals surface area (Å²) in [4.78, 5) is 20.2. The van der Waals surface area contributed by atoms with E-state index in [1.165, 1.54) is 12.8 Å². The Morgan fingerprint density at radius 1 is 1.13 bits per heavy atom. The molecule has 1 atom stereocenters. The molecule has 4 aromatic heterocycles. The van der Waals surface area contributed by atoms with Crippen molar-refractivity contribution >= 4 is 22.5 Å². The van der Waals surface area contributed by atoms with Crippen LogP contribution in [0.25, 0.3) is 28.1 Å². The molecule has 0 aromatic carbocycles. The maximum absolute atomic E-state index is 11.4. The van der Waals surface area contributed by atoms with E-state index in [1.807, 2.05) is 18.2 Å². The number of hydrogen-bond acceptors (Lipinski definition) is 7. The van der Waals surface area contributed by atoms with E-state index in [9.17, 15) is 4.79 Å². The molecule has 158 valence electrons. The van der Waals surface area contributed by atoms with Crippen molar-refractivity contribution in [2.75, 3.05) is 13.2 Å². The highest BCUT2D eigenvalue weighted by Gasteiger charge is 2.24. The van der Waals surface area contributed by atoms with Crippen molar-refractivity contribution in [2.45, 2.75) is 31.7 Å². The number of nitrogens with zero attached hydrogens (tertiary/aromatic N) is 4. The highest BCUT2D eigenvalue weighted by Crippen LogP contribution is 2.34. The zero-order valence-electron chi connectivity index (χ0n) is 16.8. The molecule has 9 heteroatoms. The van der Waals surface area contributed by atoms with Crippen LogP contribution in [0.15, 0.2) is 41.1 Å². The van der Waals surface area contributed by atoms with Crippen LogP contribution in [-0.4, -0.2) is 44.7 Å². The molecular formula is C22H21N5O4. The van der Waals surface area contributed by atoms with Gasteiger partial charge in [0.05, 0.1) is 24.2 Å². The van der Waals surface area contributed by atoms with Gasteiger partial charge < -0.3 is 19.2 Å². The SMILES string of the molecule is O=C1CC[C@H](COc2ccc3ncc(-c4cc5c(OCC6CC6)nccc5o4)n3n2)N1. The van der Waals surface area contributed by atoms with Gasteiger partial charge in [-0.05, 0) is 37.3 Å². The molecule has 4 aromatic rings. The van der Waals surface area contributed by atoms with E-state index in [2.05, 4.69) is 20.4 Å². The summed E-state index contributed by atoms with van der Waals surface area (Å²) in [6.45, 7) is 1.07. The van der Waals surface area contributed by atoms with Crippen LogP contribution in [0.4, 0.5) is 0 Å². The van der Waals surface area contributed by atoms with Crippen LogP contribution in [-0.2, 0) is 4.79 Å². The van der Waals surface area contributed by atoms with Crippen molar-refractivity contribution in [2.24, 2.45) is 5.92 Å². The molecular weight excluding hydrogens is 398 g/mol. The van der Waals surface area contributed by atoms with Gasteiger partial charge in [0.1, 0.15) is 17.9 Å². The quantitative estimate of drug-likeness (QED) is 0.491. The number of carbonyl (C=O) groups is 1. The van der Waals surface area contributed by atoms with E-state index in [0.29, 0.717) is 60.0 Å². The average molecular weight is 419 g/mol. The Kier molecular flexibility index (Phi) is 4.26. The molecule has 0 spiro atoms. The molecule has 1 saturated heterocycles. The fraction of sp³-hybridized carbons (Fsp3) is 0.364. The van der Waals surface area contributed by atoms with Crippen LogP contribution in [0.5, 0.6) is 11.8 Å². The number of hydrogen-bond donors (Lipinski definition) is 1. The molecule has 1 aliphatic heterocycles. The lowest BCUT2D eigenvalue weighted by atomic mass is 10.2. The zero-order valence-corrected chi connectivity index (χ0v) is 16.8. The number of aromatic nitrogens is 4. The second kappa shape index (κ2) is 7.26. The first kappa shape index (κ1) is 18.2. The Labute approximate surface area is 177 Å². The van der Waals surface area contributed by atoms with Gasteiger partial charge in [0.25, 0.3) is 0 Å². The molecule has 9 nitrogen and oxygen atoms in total. The monoisotopic (exact) mass is 419 g/mol. The fourth-order valence-corrected chi connectivity index (χ4v) is 3.75. The van der Waals surface area contributed by atoms with Crippen LogP contribution in [0.3, 0.4) is 0 Å². The number of amides is 1. The first-order chi connectivity index (χ1) is 15.2. The molecule has 1 amide bonds. The molecule has 2 fully saturated rings. The van der Waals surface area contributed by atoms with Crippen molar-refractivity contribution in [3.63, 3.8) is 0 Å². The number of imidazole rings is 1. The van der Waals surface area contributed by atoms with Gasteiger partial charge in [-0.1, -0.05) is 0 Å². The average Bonchev–Trinajstić information content (AvgIpc) is 3.16. The summed E-state index contributed by atoms with van der Waals surface area (Å²) in [5.41, 5.74) is 2.09. The van der Waals surface area contributed by atoms with Crippen LogP contribution < -0.4 is 14.8 Å². The number of carbonyl (C=O) groups excluding carboxylic acids is 1. The van der Waals surface area contributed by atoms with E-state index in [1.54, 1.807) is 23.0 Å². The van der Waals surface area contributed by atoms with E-state index >= 15 is 0 Å². The Morgan fingerprint density at radius 3 is 2.90 bits per heavy atom. The van der Waals surface area contributed by atoms with Gasteiger partial charge in [-0.25, -0.2) is 14.5 Å². The molecule has 31 heavy (non-hydrogen) atoms. The first-order valence-electron chi connectivity index (χ1n) is 10.5. The topological polar surface area (TPSA) is 104 Å². The van der Waals surface area contributed by atoms with Crippen molar-refractivity contribution in [1.29, 1.82) is 0 Å². The number of fused-ring (bicyclic) bond motifs is 2. The fourth-order valence-electron chi connectivity index (χ4n) is 3.75. The Balaban J connectivity index is 1.29. The minimum absolute atomic E-state index is 0.0178. The minimum atomic E-state index is 0.0178. The van der Waals surface area contributed by atoms with E-state index in [4.69, 9.17) is 13.9 Å². The van der Waals surface area contributed by atoms with Crippen LogP contribution in [0.1, 0.15) is 25.7 Å². The predicted octanol–water partition coefficient (Wildman–Crippen LogP) is 2.98. The van der Waals surface area contributed by atoms with E-state index in [0.717, 1.165) is 11.8 Å². The van der Waals surface area contributed by atoms with Gasteiger partial charge in [-0.2, -0.15) is 0 Å². The lowest BCUT2D eigenvalue weighted by Crippen LogP contribution is -2.31. The highest BCUT2D eigenvalue weighted by atomic mass is 16.5. The largest absolute Gasteiger partial charge is 0.477 e. The Bertz CT molecular complexity index is 1280. The van der Waals surface area contributed by atoms with Gasteiger partial charge in [-0.3, -0.25) is 4.79 Å². The number of pyridine rings is 1. The first-order valence-corrected chi connectivity index (χ1v) is 10.5. The van der Waals surface area contributed by atoms with Gasteiger partial charge in [0.15, 0.2) is 11.4 Å². The molecule has 0 radical (unpaired) electrons. The van der Waals surface area contributed by atoms with Crippen molar-refractivity contribution in [1.82, 2.24) is 24.9 Å². The third kappa shape index (κ3) is 3.56. The van der Waals surface area contributed by atoms with Gasteiger partial charge in [-0.15, -0.1) is 5.10 Å². The molecule has 0 unspecified atom stereocenters. The number of rotatable bonds is 7. The van der Waals surface area contributed by atoms with E-state index < -0.39 is 0 Å². The second-order valence-electron chi connectivity index (χ2n) is 8.09. The molecule has 0 bridgehead atoms. The summed E-state index contributed by atoms with van der Waals surface area (Å²) in [6, 6.07) is 7.37. The van der Waals surface area contributed by atoms with Crippen molar-refractivity contribution < 1.29 is 18.7 Å². The molecule has 6 rings (SSSR count). The molecule has 1 N–H and O–H groups in total. The van der Waals surface area contributed by atoms with E-state index in [-0.39, 0.29) is 11.9 Å². The van der Waals surface area contributed by atoms with Crippen LogP contribution >= 0.6 is 0 Å². The molecule has 2 aliphatic rings. The number of nitrogens with one attached hydrogen (secondary N) is 1. The summed E-state index contributed by atoms with van der Waals surface area (Å²) in [6.07, 6.45) is 7.17. The summed E-state index contributed by atoms with van der Waals surface area (Å²) in [5.74, 6) is 2.37. The Morgan fingerprint density at radius 2 is 2.06 bits per heavy atom. The van der Waals surface area contributed by atoms with Gasteiger partial charge in [0.2, 0.25) is 17.7 Å². The second-order valence-corrected chi connectivity index (χ2v) is 8.09. The van der Waals surface area contributed by atoms with Crippen LogP contribution in [0, 0.1) is 5.92 Å². The molecule has 1 saturated carbocycles. The van der Waals surface area contributed by atoms with Crippen LogP contribution in [0.2, 0.25) is 0 Å². The number of ether oxygens (including phenoxy) is 2. The van der Waals surface area contributed by atoms with Gasteiger partial charge in [0, 0.05) is 24.8 Å². The standard InChI is InChI=1S/C22H21N5O4/c28-20-5-3-14(25-20)12-29-21-6-4-19-24-10-16(27(19)26-21)18-9-15-17(31-18)7-8-23-22(15)30-11-13-1-2-13/h4,6-10,13-14H,1-3,5,11-12H2,(H,25,28)/t14-/m1/s1. The zero-order chi connectivity index (χ0) is 20.8.